The molecule has 1 nitrogen and oxygen atoms in total. The molecular formula is C66H43N. The second-order valence-corrected chi connectivity index (χ2v) is 17.6. The van der Waals surface area contributed by atoms with Gasteiger partial charge in [-0.15, -0.1) is 0 Å². The number of hydrogen-bond acceptors (Lipinski definition) is 1. The Hall–Kier alpha value is -8.78. The summed E-state index contributed by atoms with van der Waals surface area (Å²) < 4.78 is 0. The monoisotopic (exact) mass is 849 g/mol. The number of fused-ring (bicyclic) bond motifs is 9. The van der Waals surface area contributed by atoms with Crippen LogP contribution in [-0.2, 0) is 0 Å². The summed E-state index contributed by atoms with van der Waals surface area (Å²) in [6.07, 6.45) is 0. The highest BCUT2D eigenvalue weighted by molar-refractivity contribution is 6.22. The molecule has 0 aliphatic heterocycles. The Labute approximate surface area is 390 Å². The lowest BCUT2D eigenvalue weighted by Gasteiger charge is -2.28. The highest BCUT2D eigenvalue weighted by atomic mass is 15.1. The van der Waals surface area contributed by atoms with Gasteiger partial charge in [0.25, 0.3) is 0 Å². The molecule has 0 amide bonds. The van der Waals surface area contributed by atoms with Crippen molar-refractivity contribution in [1.29, 1.82) is 0 Å². The van der Waals surface area contributed by atoms with E-state index in [2.05, 4.69) is 266 Å². The van der Waals surface area contributed by atoms with Gasteiger partial charge in [-0.25, -0.2) is 0 Å². The summed E-state index contributed by atoms with van der Waals surface area (Å²) in [7, 11) is 0. The Morgan fingerprint density at radius 3 is 1.34 bits per heavy atom. The smallest absolute Gasteiger partial charge is 0.0540 e. The van der Waals surface area contributed by atoms with Crippen LogP contribution >= 0.6 is 0 Å². The number of benzene rings is 13. The highest BCUT2D eigenvalue weighted by Crippen LogP contribution is 2.48. The Kier molecular flexibility index (Phi) is 9.25. The molecule has 0 N–H and O–H groups in total. The molecule has 0 radical (unpaired) electrons. The molecular weight excluding hydrogens is 807 g/mol. The van der Waals surface area contributed by atoms with E-state index >= 15 is 0 Å². The van der Waals surface area contributed by atoms with Crippen LogP contribution in [0.1, 0.15) is 0 Å². The lowest BCUT2D eigenvalue weighted by atomic mass is 9.84. The Morgan fingerprint density at radius 1 is 0.209 bits per heavy atom. The number of rotatable bonds is 7. The van der Waals surface area contributed by atoms with Crippen molar-refractivity contribution in [3.05, 3.63) is 261 Å². The average molecular weight is 850 g/mol. The van der Waals surface area contributed by atoms with Gasteiger partial charge in [0.2, 0.25) is 0 Å². The SMILES string of the molecule is c1ccc(-c2c(-c3ccccc3)c3cc(-c4ccccc4N(c4ccc(-c5ccc6c(ccc7ccccc76)c5)cc4)c4ccc5c(ccc6ccccc65)c4)ccc3c3ccccc23)cc1. The normalized spacial score (nSPS) is 11.6. The third-order valence-electron chi connectivity index (χ3n) is 13.8. The summed E-state index contributed by atoms with van der Waals surface area (Å²) in [5.74, 6) is 0. The third kappa shape index (κ3) is 6.63. The van der Waals surface area contributed by atoms with E-state index in [1.54, 1.807) is 0 Å². The zero-order valence-corrected chi connectivity index (χ0v) is 36.8. The maximum absolute atomic E-state index is 2.44. The Bertz CT molecular complexity index is 4020. The van der Waals surface area contributed by atoms with Gasteiger partial charge < -0.3 is 4.90 Å². The van der Waals surface area contributed by atoms with E-state index in [1.807, 2.05) is 0 Å². The first kappa shape index (κ1) is 38.7. The summed E-state index contributed by atoms with van der Waals surface area (Å²) in [6.45, 7) is 0. The van der Waals surface area contributed by atoms with Gasteiger partial charge in [0.05, 0.1) is 5.69 Å². The third-order valence-corrected chi connectivity index (χ3v) is 13.8. The molecule has 0 heterocycles. The molecule has 0 aliphatic carbocycles. The fourth-order valence-corrected chi connectivity index (χ4v) is 10.6. The van der Waals surface area contributed by atoms with Crippen molar-refractivity contribution in [2.75, 3.05) is 4.90 Å². The van der Waals surface area contributed by atoms with Crippen molar-refractivity contribution in [2.24, 2.45) is 0 Å². The molecule has 13 rings (SSSR count). The molecule has 13 aromatic rings. The van der Waals surface area contributed by atoms with Crippen LogP contribution in [0.2, 0.25) is 0 Å². The summed E-state index contributed by atoms with van der Waals surface area (Å²) in [5.41, 5.74) is 12.9. The minimum Gasteiger partial charge on any atom is -0.310 e. The number of para-hydroxylation sites is 1. The van der Waals surface area contributed by atoms with E-state index in [-0.39, 0.29) is 0 Å². The van der Waals surface area contributed by atoms with E-state index in [0.717, 1.165) is 28.2 Å². The van der Waals surface area contributed by atoms with Crippen LogP contribution in [-0.4, -0.2) is 0 Å². The molecule has 0 spiro atoms. The summed E-state index contributed by atoms with van der Waals surface area (Å²) in [4.78, 5) is 2.44. The summed E-state index contributed by atoms with van der Waals surface area (Å²) in [5, 5.41) is 15.0. The van der Waals surface area contributed by atoms with Crippen LogP contribution in [0.4, 0.5) is 17.1 Å². The van der Waals surface area contributed by atoms with Crippen LogP contribution in [0.15, 0.2) is 261 Å². The minimum atomic E-state index is 1.09. The molecule has 0 unspecified atom stereocenters. The predicted octanol–water partition coefficient (Wildman–Crippen LogP) is 18.7. The molecule has 13 aromatic carbocycles. The van der Waals surface area contributed by atoms with Crippen LogP contribution in [0.5, 0.6) is 0 Å². The maximum atomic E-state index is 2.44. The Morgan fingerprint density at radius 2 is 0.657 bits per heavy atom. The quantitative estimate of drug-likeness (QED) is 0.144. The topological polar surface area (TPSA) is 3.24 Å². The van der Waals surface area contributed by atoms with E-state index in [9.17, 15) is 0 Å². The first-order valence-electron chi connectivity index (χ1n) is 23.2. The fraction of sp³-hybridized carbons (Fsp3) is 0. The first-order valence-corrected chi connectivity index (χ1v) is 23.2. The molecule has 1 heteroatoms. The molecule has 0 saturated carbocycles. The van der Waals surface area contributed by atoms with Crippen LogP contribution in [0, 0.1) is 0 Å². The van der Waals surface area contributed by atoms with Crippen molar-refractivity contribution >= 4 is 81.7 Å². The highest BCUT2D eigenvalue weighted by Gasteiger charge is 2.22. The molecule has 0 saturated heterocycles. The van der Waals surface area contributed by atoms with Crippen molar-refractivity contribution in [3.63, 3.8) is 0 Å². The molecule has 0 aromatic heterocycles. The second kappa shape index (κ2) is 16.0. The van der Waals surface area contributed by atoms with Gasteiger partial charge in [-0.05, 0) is 146 Å². The van der Waals surface area contributed by atoms with E-state index in [1.165, 1.54) is 98.0 Å². The van der Waals surface area contributed by atoms with Crippen LogP contribution in [0.3, 0.4) is 0 Å². The molecule has 312 valence electrons. The molecule has 0 atom stereocenters. The predicted molar refractivity (Wildman–Crippen MR) is 288 cm³/mol. The molecule has 67 heavy (non-hydrogen) atoms. The largest absolute Gasteiger partial charge is 0.310 e. The average Bonchev–Trinajstić information content (AvgIpc) is 3.41. The summed E-state index contributed by atoms with van der Waals surface area (Å²) in [6, 6.07) is 96.0. The number of hydrogen-bond donors (Lipinski definition) is 0. The van der Waals surface area contributed by atoms with Crippen molar-refractivity contribution in [2.45, 2.75) is 0 Å². The van der Waals surface area contributed by atoms with Gasteiger partial charge in [-0.1, -0.05) is 218 Å². The van der Waals surface area contributed by atoms with Crippen molar-refractivity contribution < 1.29 is 0 Å². The molecule has 0 bridgehead atoms. The van der Waals surface area contributed by atoms with Gasteiger partial charge in [-0.3, -0.25) is 0 Å². The van der Waals surface area contributed by atoms with Crippen LogP contribution in [0.25, 0.3) is 109 Å². The lowest BCUT2D eigenvalue weighted by Crippen LogP contribution is -2.11. The van der Waals surface area contributed by atoms with Crippen molar-refractivity contribution in [1.82, 2.24) is 0 Å². The van der Waals surface area contributed by atoms with Crippen molar-refractivity contribution in [3.8, 4) is 44.5 Å². The van der Waals surface area contributed by atoms with Crippen LogP contribution < -0.4 is 4.90 Å². The minimum absolute atomic E-state index is 1.09. The lowest BCUT2D eigenvalue weighted by molar-refractivity contribution is 1.29. The standard InChI is InChI=1S/C66H43N/c1-3-17-47(18-4-1)65-62-25-12-11-24-60(62)61-39-34-52(43-63(61)66(65)48-19-5-2-6-20-48)59-23-13-14-26-64(59)67(54-37-40-58-51(42-54)30-28-46-16-8-10-22-56(46)58)53-35-31-44(32-36-53)49-33-38-57-50(41-49)29-27-45-15-7-9-21-55(45)57/h1-43H. The van der Waals surface area contributed by atoms with Gasteiger partial charge >= 0.3 is 0 Å². The number of anilines is 3. The van der Waals surface area contributed by atoms with Gasteiger partial charge in [0.1, 0.15) is 0 Å². The van der Waals surface area contributed by atoms with E-state index in [0.29, 0.717) is 0 Å². The van der Waals surface area contributed by atoms with E-state index in [4.69, 9.17) is 0 Å². The molecule has 0 aliphatic rings. The van der Waals surface area contributed by atoms with Gasteiger partial charge in [0.15, 0.2) is 0 Å². The zero-order valence-electron chi connectivity index (χ0n) is 36.8. The number of nitrogens with zero attached hydrogens (tertiary/aromatic N) is 1. The van der Waals surface area contributed by atoms with E-state index < -0.39 is 0 Å². The first-order chi connectivity index (χ1) is 33.2. The van der Waals surface area contributed by atoms with Gasteiger partial charge in [0, 0.05) is 16.9 Å². The second-order valence-electron chi connectivity index (χ2n) is 17.6. The fourth-order valence-electron chi connectivity index (χ4n) is 10.6. The summed E-state index contributed by atoms with van der Waals surface area (Å²) >= 11 is 0. The van der Waals surface area contributed by atoms with Gasteiger partial charge in [-0.2, -0.15) is 0 Å². The maximum Gasteiger partial charge on any atom is 0.0540 e. The zero-order chi connectivity index (χ0) is 44.3. The Balaban J connectivity index is 1.01. The molecule has 0 fully saturated rings.